The second-order valence-electron chi connectivity index (χ2n) is 3.31. The maximum absolute atomic E-state index is 13.0. The Labute approximate surface area is 96.6 Å². The highest BCUT2D eigenvalue weighted by Gasteiger charge is 2.06. The van der Waals surface area contributed by atoms with Crippen molar-refractivity contribution in [3.05, 3.63) is 40.9 Å². The van der Waals surface area contributed by atoms with Crippen LogP contribution in [0.4, 0.5) is 15.8 Å². The lowest BCUT2D eigenvalue weighted by Gasteiger charge is -2.09. The summed E-state index contributed by atoms with van der Waals surface area (Å²) in [4.78, 5) is 0. The van der Waals surface area contributed by atoms with E-state index in [1.807, 2.05) is 0 Å². The summed E-state index contributed by atoms with van der Waals surface area (Å²) in [5, 5.41) is 9.59. The van der Waals surface area contributed by atoms with Gasteiger partial charge in [0.1, 0.15) is 5.82 Å². The number of hydrogen-bond acceptors (Lipinski definition) is 3. The molecule has 0 aliphatic heterocycles. The molecule has 0 aliphatic rings. The standard InChI is InChI=1S/C10H10ClFN4/c11-7-1-10(9(13)2-8(7)12)14-3-6-4-15-16-5-6/h1-2,4-5,14H,3,13H2,(H,15,16). The van der Waals surface area contributed by atoms with E-state index in [1.165, 1.54) is 12.1 Å². The minimum atomic E-state index is -0.520. The molecule has 2 rings (SSSR count). The van der Waals surface area contributed by atoms with E-state index in [1.54, 1.807) is 12.4 Å². The molecule has 1 aromatic carbocycles. The lowest BCUT2D eigenvalue weighted by molar-refractivity contribution is 0.629. The van der Waals surface area contributed by atoms with Crippen LogP contribution < -0.4 is 11.1 Å². The van der Waals surface area contributed by atoms with Crippen molar-refractivity contribution in [2.75, 3.05) is 11.1 Å². The molecule has 0 spiro atoms. The molecular weight excluding hydrogens is 231 g/mol. The lowest BCUT2D eigenvalue weighted by Crippen LogP contribution is -2.02. The van der Waals surface area contributed by atoms with Crippen molar-refractivity contribution in [1.82, 2.24) is 10.2 Å². The fraction of sp³-hybridized carbons (Fsp3) is 0.100. The summed E-state index contributed by atoms with van der Waals surface area (Å²) in [5.41, 5.74) is 7.55. The van der Waals surface area contributed by atoms with Crippen LogP contribution in [0.2, 0.25) is 5.02 Å². The SMILES string of the molecule is Nc1cc(F)c(Cl)cc1NCc1cn[nH]c1. The molecule has 0 saturated carbocycles. The lowest BCUT2D eigenvalue weighted by atomic mass is 10.2. The second-order valence-corrected chi connectivity index (χ2v) is 3.72. The highest BCUT2D eigenvalue weighted by Crippen LogP contribution is 2.26. The van der Waals surface area contributed by atoms with Gasteiger partial charge in [-0.2, -0.15) is 5.10 Å². The van der Waals surface area contributed by atoms with E-state index in [0.29, 0.717) is 17.9 Å². The molecule has 0 unspecified atom stereocenters. The molecule has 16 heavy (non-hydrogen) atoms. The Morgan fingerprint density at radius 1 is 1.50 bits per heavy atom. The van der Waals surface area contributed by atoms with Crippen LogP contribution in [0.3, 0.4) is 0 Å². The maximum Gasteiger partial charge on any atom is 0.143 e. The highest BCUT2D eigenvalue weighted by molar-refractivity contribution is 6.31. The summed E-state index contributed by atoms with van der Waals surface area (Å²) in [6, 6.07) is 2.66. The van der Waals surface area contributed by atoms with Crippen molar-refractivity contribution in [1.29, 1.82) is 0 Å². The van der Waals surface area contributed by atoms with E-state index in [2.05, 4.69) is 15.5 Å². The van der Waals surface area contributed by atoms with E-state index < -0.39 is 5.82 Å². The van der Waals surface area contributed by atoms with Crippen molar-refractivity contribution in [2.45, 2.75) is 6.54 Å². The molecule has 1 aromatic heterocycles. The smallest absolute Gasteiger partial charge is 0.143 e. The topological polar surface area (TPSA) is 66.7 Å². The van der Waals surface area contributed by atoms with E-state index in [9.17, 15) is 4.39 Å². The fourth-order valence-electron chi connectivity index (χ4n) is 1.29. The van der Waals surface area contributed by atoms with Crippen LogP contribution in [0, 0.1) is 5.82 Å². The second kappa shape index (κ2) is 4.40. The summed E-state index contributed by atoms with van der Waals surface area (Å²) in [6.07, 6.45) is 3.45. The summed E-state index contributed by atoms with van der Waals surface area (Å²) < 4.78 is 13.0. The van der Waals surface area contributed by atoms with Crippen LogP contribution in [0.25, 0.3) is 0 Å². The number of nitrogen functional groups attached to an aromatic ring is 1. The molecule has 6 heteroatoms. The molecule has 0 radical (unpaired) electrons. The number of aromatic amines is 1. The third-order valence-electron chi connectivity index (χ3n) is 2.13. The zero-order valence-electron chi connectivity index (χ0n) is 8.30. The van der Waals surface area contributed by atoms with Gasteiger partial charge in [0, 0.05) is 24.4 Å². The Kier molecular flexibility index (Phi) is 2.96. The van der Waals surface area contributed by atoms with Gasteiger partial charge in [-0.05, 0) is 6.07 Å². The molecule has 2 aromatic rings. The molecule has 0 atom stereocenters. The van der Waals surface area contributed by atoms with E-state index in [-0.39, 0.29) is 5.02 Å². The Balaban J connectivity index is 2.12. The number of aromatic nitrogens is 2. The minimum Gasteiger partial charge on any atom is -0.397 e. The number of nitrogens with two attached hydrogens (primary N) is 1. The first-order valence-electron chi connectivity index (χ1n) is 4.63. The number of nitrogens with one attached hydrogen (secondary N) is 2. The summed E-state index contributed by atoms with van der Waals surface area (Å²) >= 11 is 5.66. The summed E-state index contributed by atoms with van der Waals surface area (Å²) in [5.74, 6) is -0.520. The third kappa shape index (κ3) is 2.25. The molecule has 0 aliphatic carbocycles. The number of anilines is 2. The highest BCUT2D eigenvalue weighted by atomic mass is 35.5. The van der Waals surface area contributed by atoms with Gasteiger partial charge in [0.25, 0.3) is 0 Å². The van der Waals surface area contributed by atoms with Gasteiger partial charge in [-0.3, -0.25) is 5.10 Å². The molecule has 0 amide bonds. The van der Waals surface area contributed by atoms with Crippen molar-refractivity contribution >= 4 is 23.0 Å². The quantitative estimate of drug-likeness (QED) is 0.722. The molecule has 0 fully saturated rings. The Morgan fingerprint density at radius 3 is 3.00 bits per heavy atom. The van der Waals surface area contributed by atoms with Gasteiger partial charge in [-0.1, -0.05) is 11.6 Å². The molecule has 4 nitrogen and oxygen atoms in total. The molecule has 0 saturated heterocycles. The van der Waals surface area contributed by atoms with Crippen LogP contribution in [-0.2, 0) is 6.54 Å². The normalized spacial score (nSPS) is 10.4. The van der Waals surface area contributed by atoms with E-state index >= 15 is 0 Å². The molecule has 84 valence electrons. The van der Waals surface area contributed by atoms with E-state index in [4.69, 9.17) is 17.3 Å². The number of nitrogens with zero attached hydrogens (tertiary/aromatic N) is 1. The first kappa shape index (κ1) is 10.8. The Bertz CT molecular complexity index is 484. The van der Waals surface area contributed by atoms with Gasteiger partial charge < -0.3 is 11.1 Å². The van der Waals surface area contributed by atoms with Gasteiger partial charge in [0.15, 0.2) is 0 Å². The molecular formula is C10H10ClFN4. The van der Waals surface area contributed by atoms with Crippen molar-refractivity contribution in [2.24, 2.45) is 0 Å². The van der Waals surface area contributed by atoms with Crippen molar-refractivity contribution in [3.63, 3.8) is 0 Å². The van der Waals surface area contributed by atoms with Gasteiger partial charge in [0.05, 0.1) is 22.6 Å². The predicted octanol–water partition coefficient (Wildman–Crippen LogP) is 2.40. The Morgan fingerprint density at radius 2 is 2.31 bits per heavy atom. The number of rotatable bonds is 3. The van der Waals surface area contributed by atoms with Crippen molar-refractivity contribution in [3.8, 4) is 0 Å². The largest absolute Gasteiger partial charge is 0.397 e. The minimum absolute atomic E-state index is 0.0453. The van der Waals surface area contributed by atoms with Gasteiger partial charge in [-0.25, -0.2) is 4.39 Å². The summed E-state index contributed by atoms with van der Waals surface area (Å²) in [6.45, 7) is 0.544. The van der Waals surface area contributed by atoms with Crippen LogP contribution in [0.5, 0.6) is 0 Å². The zero-order valence-corrected chi connectivity index (χ0v) is 9.05. The molecule has 4 N–H and O–H groups in total. The summed E-state index contributed by atoms with van der Waals surface area (Å²) in [7, 11) is 0. The van der Waals surface area contributed by atoms with Gasteiger partial charge >= 0.3 is 0 Å². The van der Waals surface area contributed by atoms with Gasteiger partial charge in [0.2, 0.25) is 0 Å². The van der Waals surface area contributed by atoms with E-state index in [0.717, 1.165) is 5.56 Å². The number of halogens is 2. The Hall–Kier alpha value is -1.75. The monoisotopic (exact) mass is 240 g/mol. The number of benzene rings is 1. The molecule has 0 bridgehead atoms. The first-order chi connectivity index (χ1) is 7.66. The van der Waals surface area contributed by atoms with Crippen molar-refractivity contribution < 1.29 is 4.39 Å². The average Bonchev–Trinajstić information content (AvgIpc) is 2.74. The maximum atomic E-state index is 13.0. The number of hydrogen-bond donors (Lipinski definition) is 3. The number of H-pyrrole nitrogens is 1. The van der Waals surface area contributed by atoms with Crippen LogP contribution in [-0.4, -0.2) is 10.2 Å². The predicted molar refractivity (Wildman–Crippen MR) is 61.7 cm³/mol. The fourth-order valence-corrected chi connectivity index (χ4v) is 1.45. The van der Waals surface area contributed by atoms with Gasteiger partial charge in [-0.15, -0.1) is 0 Å². The zero-order chi connectivity index (χ0) is 11.5. The van der Waals surface area contributed by atoms with Crippen LogP contribution >= 0.6 is 11.6 Å². The average molecular weight is 241 g/mol. The third-order valence-corrected chi connectivity index (χ3v) is 2.42. The van der Waals surface area contributed by atoms with Crippen LogP contribution in [0.15, 0.2) is 24.5 Å². The molecule has 1 heterocycles. The first-order valence-corrected chi connectivity index (χ1v) is 5.00. The van der Waals surface area contributed by atoms with Crippen LogP contribution in [0.1, 0.15) is 5.56 Å².